The highest BCUT2D eigenvalue weighted by molar-refractivity contribution is 5.96. The Morgan fingerprint density at radius 3 is 2.95 bits per heavy atom. The molecule has 0 saturated heterocycles. The zero-order valence-corrected chi connectivity index (χ0v) is 11.5. The van der Waals surface area contributed by atoms with Gasteiger partial charge in [-0.25, -0.2) is 0 Å². The number of hydrogen-bond donors (Lipinski definition) is 3. The molecular formula is C16H21N3O. The zero-order valence-electron chi connectivity index (χ0n) is 11.5. The minimum atomic E-state index is -0.181. The number of benzene rings is 1. The Balaban J connectivity index is 1.75. The predicted octanol–water partition coefficient (Wildman–Crippen LogP) is 2.78. The fraction of sp³-hybridized carbons (Fsp3) is 0.438. The van der Waals surface area contributed by atoms with Crippen LogP contribution in [0, 0.1) is 5.92 Å². The van der Waals surface area contributed by atoms with E-state index in [4.69, 9.17) is 5.73 Å². The van der Waals surface area contributed by atoms with Crippen LogP contribution in [0.4, 0.5) is 11.4 Å². The first-order valence-electron chi connectivity index (χ1n) is 7.31. The highest BCUT2D eigenvalue weighted by atomic mass is 16.3. The van der Waals surface area contributed by atoms with Crippen molar-refractivity contribution in [2.75, 3.05) is 17.6 Å². The van der Waals surface area contributed by atoms with Gasteiger partial charge in [0.25, 0.3) is 0 Å². The molecule has 0 radical (unpaired) electrons. The fourth-order valence-electron chi connectivity index (χ4n) is 3.00. The summed E-state index contributed by atoms with van der Waals surface area (Å²) in [7, 11) is 0. The molecule has 2 aromatic rings. The normalized spacial score (nSPS) is 22.9. The van der Waals surface area contributed by atoms with Crippen LogP contribution in [-0.2, 0) is 0 Å². The number of aliphatic hydroxyl groups excluding tert-OH is 1. The number of fused-ring (bicyclic) bond motifs is 1. The second kappa shape index (κ2) is 5.67. The van der Waals surface area contributed by atoms with Crippen LogP contribution in [0.5, 0.6) is 0 Å². The Morgan fingerprint density at radius 1 is 1.25 bits per heavy atom. The third-order valence-electron chi connectivity index (χ3n) is 4.25. The molecule has 0 spiro atoms. The number of nitrogen functional groups attached to an aromatic ring is 1. The Labute approximate surface area is 119 Å². The lowest BCUT2D eigenvalue weighted by molar-refractivity contribution is 0.0763. The van der Waals surface area contributed by atoms with Crippen LogP contribution in [0.25, 0.3) is 10.9 Å². The van der Waals surface area contributed by atoms with Crippen LogP contribution in [0.3, 0.4) is 0 Å². The van der Waals surface area contributed by atoms with E-state index in [-0.39, 0.29) is 6.10 Å². The molecule has 1 heterocycles. The third kappa shape index (κ3) is 2.56. The van der Waals surface area contributed by atoms with E-state index >= 15 is 0 Å². The smallest absolute Gasteiger partial charge is 0.0724 e. The quantitative estimate of drug-likeness (QED) is 0.751. The average molecular weight is 271 g/mol. The highest BCUT2D eigenvalue weighted by Crippen LogP contribution is 2.29. The molecule has 1 aromatic carbocycles. The van der Waals surface area contributed by atoms with E-state index in [9.17, 15) is 5.11 Å². The maximum Gasteiger partial charge on any atom is 0.0724 e. The van der Waals surface area contributed by atoms with Gasteiger partial charge < -0.3 is 16.2 Å². The van der Waals surface area contributed by atoms with Gasteiger partial charge in [-0.1, -0.05) is 12.8 Å². The molecule has 0 amide bonds. The number of pyridine rings is 1. The topological polar surface area (TPSA) is 71.2 Å². The molecule has 106 valence electrons. The molecule has 20 heavy (non-hydrogen) atoms. The van der Waals surface area contributed by atoms with Crippen LogP contribution >= 0.6 is 0 Å². The molecular weight excluding hydrogens is 250 g/mol. The van der Waals surface area contributed by atoms with Crippen LogP contribution in [0.1, 0.15) is 25.7 Å². The van der Waals surface area contributed by atoms with Crippen molar-refractivity contribution in [1.82, 2.24) is 4.98 Å². The van der Waals surface area contributed by atoms with Crippen LogP contribution in [-0.4, -0.2) is 22.7 Å². The van der Waals surface area contributed by atoms with E-state index in [0.29, 0.717) is 5.92 Å². The van der Waals surface area contributed by atoms with Crippen molar-refractivity contribution < 1.29 is 5.11 Å². The monoisotopic (exact) mass is 271 g/mol. The Morgan fingerprint density at radius 2 is 2.10 bits per heavy atom. The van der Waals surface area contributed by atoms with Gasteiger partial charge in [0, 0.05) is 24.0 Å². The lowest BCUT2D eigenvalue weighted by Crippen LogP contribution is -2.30. The maximum absolute atomic E-state index is 10.0. The number of rotatable bonds is 3. The Bertz CT molecular complexity index is 599. The van der Waals surface area contributed by atoms with E-state index in [0.717, 1.165) is 48.1 Å². The zero-order chi connectivity index (χ0) is 13.9. The summed E-state index contributed by atoms with van der Waals surface area (Å²) in [5.74, 6) is 0.327. The standard InChI is InChI=1S/C16H21N3O/c17-16-12-5-3-9-18-13(12)7-8-14(16)19-10-11-4-1-2-6-15(11)20/h3,5,7-9,11,15,19-20H,1-2,4,6,10,17H2. The first-order valence-corrected chi connectivity index (χ1v) is 7.31. The second-order valence-corrected chi connectivity index (χ2v) is 5.59. The summed E-state index contributed by atoms with van der Waals surface area (Å²) in [5, 5.41) is 14.4. The number of aliphatic hydroxyl groups is 1. The van der Waals surface area contributed by atoms with Crippen LogP contribution < -0.4 is 11.1 Å². The molecule has 4 N–H and O–H groups in total. The van der Waals surface area contributed by atoms with E-state index in [1.54, 1.807) is 6.20 Å². The van der Waals surface area contributed by atoms with E-state index < -0.39 is 0 Å². The number of hydrogen-bond acceptors (Lipinski definition) is 4. The second-order valence-electron chi connectivity index (χ2n) is 5.59. The van der Waals surface area contributed by atoms with E-state index in [2.05, 4.69) is 10.3 Å². The molecule has 2 unspecified atom stereocenters. The largest absolute Gasteiger partial charge is 0.397 e. The predicted molar refractivity (Wildman–Crippen MR) is 82.6 cm³/mol. The fourth-order valence-corrected chi connectivity index (χ4v) is 3.00. The molecule has 0 bridgehead atoms. The first-order chi connectivity index (χ1) is 9.75. The minimum absolute atomic E-state index is 0.181. The number of nitrogens with one attached hydrogen (secondary N) is 1. The van der Waals surface area contributed by atoms with Crippen molar-refractivity contribution in [3.63, 3.8) is 0 Å². The SMILES string of the molecule is Nc1c(NCC2CCCCC2O)ccc2ncccc12. The molecule has 1 aliphatic rings. The van der Waals surface area contributed by atoms with Gasteiger partial charge in [0.1, 0.15) is 0 Å². The van der Waals surface area contributed by atoms with Gasteiger partial charge >= 0.3 is 0 Å². The summed E-state index contributed by atoms with van der Waals surface area (Å²) < 4.78 is 0. The van der Waals surface area contributed by atoms with Gasteiger partial charge in [-0.2, -0.15) is 0 Å². The highest BCUT2D eigenvalue weighted by Gasteiger charge is 2.22. The van der Waals surface area contributed by atoms with Crippen molar-refractivity contribution in [2.24, 2.45) is 5.92 Å². The van der Waals surface area contributed by atoms with Crippen molar-refractivity contribution in [3.8, 4) is 0 Å². The average Bonchev–Trinajstić information content (AvgIpc) is 2.48. The van der Waals surface area contributed by atoms with Crippen molar-refractivity contribution in [1.29, 1.82) is 0 Å². The Hall–Kier alpha value is -1.81. The molecule has 4 heteroatoms. The first kappa shape index (κ1) is 13.2. The summed E-state index contributed by atoms with van der Waals surface area (Å²) in [4.78, 5) is 4.30. The molecule has 1 fully saturated rings. The molecule has 4 nitrogen and oxygen atoms in total. The number of nitrogens with zero attached hydrogens (tertiary/aromatic N) is 1. The van der Waals surface area contributed by atoms with Gasteiger partial charge in [0.15, 0.2) is 0 Å². The summed E-state index contributed by atoms with van der Waals surface area (Å²) in [6.07, 6.45) is 5.95. The van der Waals surface area contributed by atoms with Gasteiger partial charge in [-0.3, -0.25) is 4.98 Å². The molecule has 1 saturated carbocycles. The Kier molecular flexibility index (Phi) is 3.74. The lowest BCUT2D eigenvalue weighted by Gasteiger charge is -2.28. The summed E-state index contributed by atoms with van der Waals surface area (Å²) in [5.41, 5.74) is 8.79. The van der Waals surface area contributed by atoms with Crippen LogP contribution in [0.15, 0.2) is 30.5 Å². The van der Waals surface area contributed by atoms with Crippen LogP contribution in [0.2, 0.25) is 0 Å². The third-order valence-corrected chi connectivity index (χ3v) is 4.25. The van der Waals surface area contributed by atoms with E-state index in [1.807, 2.05) is 24.3 Å². The maximum atomic E-state index is 10.0. The van der Waals surface area contributed by atoms with Gasteiger partial charge in [0.2, 0.25) is 0 Å². The molecule has 0 aliphatic heterocycles. The van der Waals surface area contributed by atoms with Gasteiger partial charge in [-0.05, 0) is 37.1 Å². The lowest BCUT2D eigenvalue weighted by atomic mass is 9.86. The summed E-state index contributed by atoms with van der Waals surface area (Å²) in [6, 6.07) is 7.83. The summed E-state index contributed by atoms with van der Waals surface area (Å²) in [6.45, 7) is 0.775. The summed E-state index contributed by atoms with van der Waals surface area (Å²) >= 11 is 0. The molecule has 3 rings (SSSR count). The van der Waals surface area contributed by atoms with Gasteiger partial charge in [-0.15, -0.1) is 0 Å². The van der Waals surface area contributed by atoms with Crippen molar-refractivity contribution in [2.45, 2.75) is 31.8 Å². The minimum Gasteiger partial charge on any atom is -0.397 e. The molecule has 1 aliphatic carbocycles. The number of nitrogens with two attached hydrogens (primary N) is 1. The molecule has 1 aromatic heterocycles. The number of aromatic nitrogens is 1. The van der Waals surface area contributed by atoms with Crippen molar-refractivity contribution in [3.05, 3.63) is 30.5 Å². The number of anilines is 2. The molecule has 2 atom stereocenters. The van der Waals surface area contributed by atoms with Gasteiger partial charge in [0.05, 0.1) is 23.0 Å². The van der Waals surface area contributed by atoms with Crippen molar-refractivity contribution >= 4 is 22.3 Å². The van der Waals surface area contributed by atoms with E-state index in [1.165, 1.54) is 6.42 Å².